The number of aromatic amines is 1. The van der Waals surface area contributed by atoms with E-state index in [1.807, 2.05) is 32.0 Å². The van der Waals surface area contributed by atoms with Gasteiger partial charge in [-0.2, -0.15) is 0 Å². The molecule has 0 radical (unpaired) electrons. The Morgan fingerprint density at radius 2 is 1.62 bits per heavy atom. The molecule has 1 aliphatic heterocycles. The van der Waals surface area contributed by atoms with Crippen LogP contribution in [0.5, 0.6) is 0 Å². The number of hydrogen-bond donors (Lipinski definition) is 3. The second-order valence-electron chi connectivity index (χ2n) is 11.4. The Morgan fingerprint density at radius 1 is 0.952 bits per heavy atom. The monoisotopic (exact) mass is 576 g/mol. The van der Waals surface area contributed by atoms with Gasteiger partial charge in [-0.1, -0.05) is 45.6 Å². The van der Waals surface area contributed by atoms with Gasteiger partial charge in [0.2, 0.25) is 0 Å². The van der Waals surface area contributed by atoms with Crippen LogP contribution >= 0.6 is 0 Å². The summed E-state index contributed by atoms with van der Waals surface area (Å²) in [5.74, 6) is 0.124. The molecule has 0 bridgehead atoms. The Bertz CT molecular complexity index is 1300. The number of unbranched alkanes of at least 4 members (excludes halogenated alkanes) is 5. The van der Waals surface area contributed by atoms with E-state index < -0.39 is 0 Å². The third-order valence-corrected chi connectivity index (χ3v) is 8.10. The number of anilines is 1. The molecule has 2 heterocycles. The van der Waals surface area contributed by atoms with Crippen LogP contribution in [0.4, 0.5) is 5.69 Å². The zero-order valence-electron chi connectivity index (χ0n) is 26.1. The van der Waals surface area contributed by atoms with Gasteiger partial charge in [0.25, 0.3) is 11.8 Å². The number of H-pyrrole nitrogens is 1. The Morgan fingerprint density at radius 3 is 2.29 bits per heavy atom. The maximum atomic E-state index is 13.0. The van der Waals surface area contributed by atoms with Crippen LogP contribution in [0.3, 0.4) is 0 Å². The van der Waals surface area contributed by atoms with Crippen molar-refractivity contribution in [2.24, 2.45) is 0 Å². The van der Waals surface area contributed by atoms with E-state index in [1.165, 1.54) is 0 Å². The Hall–Kier alpha value is -3.52. The SMILES string of the molecule is CCN(CC)CCNC(=O)c1c(C)[nH]c(/C=C2\C(=O)Nc3ccc(CC(=O)CCCCCCCCC(C)=O)cc32)c1C. The highest BCUT2D eigenvalue weighted by atomic mass is 16.2. The van der Waals surface area contributed by atoms with Gasteiger partial charge in [-0.3, -0.25) is 14.4 Å². The van der Waals surface area contributed by atoms with Gasteiger partial charge in [0.15, 0.2) is 0 Å². The fourth-order valence-corrected chi connectivity index (χ4v) is 5.57. The molecule has 2 amide bonds. The zero-order valence-corrected chi connectivity index (χ0v) is 26.1. The lowest BCUT2D eigenvalue weighted by atomic mass is 9.98. The normalized spacial score (nSPS) is 13.5. The molecule has 228 valence electrons. The lowest BCUT2D eigenvalue weighted by Crippen LogP contribution is -2.35. The maximum absolute atomic E-state index is 13.0. The van der Waals surface area contributed by atoms with Gasteiger partial charge < -0.3 is 25.3 Å². The highest BCUT2D eigenvalue weighted by Crippen LogP contribution is 2.35. The average Bonchev–Trinajstić information content (AvgIpc) is 3.41. The molecular weight excluding hydrogens is 528 g/mol. The minimum absolute atomic E-state index is 0.122. The zero-order chi connectivity index (χ0) is 30.6. The molecular formula is C34H48N4O4. The van der Waals surface area contributed by atoms with Crippen LogP contribution in [0.25, 0.3) is 11.6 Å². The van der Waals surface area contributed by atoms with Crippen molar-refractivity contribution in [3.8, 4) is 0 Å². The number of aryl methyl sites for hydroxylation is 1. The van der Waals surface area contributed by atoms with Crippen molar-refractivity contribution in [3.63, 3.8) is 0 Å². The third kappa shape index (κ3) is 9.24. The molecule has 0 unspecified atom stereocenters. The summed E-state index contributed by atoms with van der Waals surface area (Å²) in [6, 6.07) is 5.69. The van der Waals surface area contributed by atoms with Crippen molar-refractivity contribution < 1.29 is 19.2 Å². The molecule has 1 aromatic heterocycles. The summed E-state index contributed by atoms with van der Waals surface area (Å²) in [4.78, 5) is 55.1. The second-order valence-corrected chi connectivity index (χ2v) is 11.4. The number of likely N-dealkylation sites (N-methyl/N-ethyl adjacent to an activating group) is 1. The minimum Gasteiger partial charge on any atom is -0.358 e. The first-order chi connectivity index (χ1) is 20.1. The van der Waals surface area contributed by atoms with Crippen LogP contribution in [0.1, 0.15) is 111 Å². The molecule has 0 atom stereocenters. The van der Waals surface area contributed by atoms with E-state index >= 15 is 0 Å². The predicted octanol–water partition coefficient (Wildman–Crippen LogP) is 6.02. The number of benzene rings is 1. The summed E-state index contributed by atoms with van der Waals surface area (Å²) in [5, 5.41) is 5.95. The first-order valence-corrected chi connectivity index (χ1v) is 15.5. The van der Waals surface area contributed by atoms with Crippen molar-refractivity contribution in [3.05, 3.63) is 51.8 Å². The number of carbonyl (C=O) groups excluding carboxylic acids is 4. The first kappa shape index (κ1) is 33.0. The number of nitrogens with one attached hydrogen (secondary N) is 3. The molecule has 42 heavy (non-hydrogen) atoms. The van der Waals surface area contributed by atoms with Crippen LogP contribution in [0, 0.1) is 13.8 Å². The van der Waals surface area contributed by atoms with Gasteiger partial charge in [0.1, 0.15) is 11.6 Å². The number of carbonyl (C=O) groups is 4. The topological polar surface area (TPSA) is 111 Å². The standard InChI is InChI=1S/C34H48N4O4/c1-6-38(7-2)19-18-35-34(42)32-24(4)31(36-25(32)5)22-29-28-21-26(16-17-30(28)37-33(29)41)20-27(40)15-13-11-9-8-10-12-14-23(3)39/h16-17,21-22,36H,6-15,18-20H2,1-5H3,(H,35,42)(H,37,41)/b29-22-. The summed E-state index contributed by atoms with van der Waals surface area (Å²) in [7, 11) is 0. The van der Waals surface area contributed by atoms with E-state index in [9.17, 15) is 19.2 Å². The van der Waals surface area contributed by atoms with Gasteiger partial charge in [0, 0.05) is 55.0 Å². The number of aromatic nitrogens is 1. The number of nitrogens with zero attached hydrogens (tertiary/aromatic N) is 1. The fourth-order valence-electron chi connectivity index (χ4n) is 5.57. The van der Waals surface area contributed by atoms with Crippen molar-refractivity contribution in [2.45, 2.75) is 92.4 Å². The molecule has 0 spiro atoms. The molecule has 1 aliphatic rings. The average molecular weight is 577 g/mol. The quantitative estimate of drug-likeness (QED) is 0.149. The number of hydrogen-bond acceptors (Lipinski definition) is 5. The summed E-state index contributed by atoms with van der Waals surface area (Å²) in [5.41, 5.74) is 5.79. The van der Waals surface area contributed by atoms with Crippen molar-refractivity contribution in [1.82, 2.24) is 15.2 Å². The Labute approximate surface area is 250 Å². The van der Waals surface area contributed by atoms with E-state index in [4.69, 9.17) is 0 Å². The molecule has 3 rings (SSSR count). The van der Waals surface area contributed by atoms with E-state index in [0.29, 0.717) is 36.9 Å². The third-order valence-electron chi connectivity index (χ3n) is 8.10. The largest absolute Gasteiger partial charge is 0.358 e. The minimum atomic E-state index is -0.200. The smallest absolute Gasteiger partial charge is 0.256 e. The van der Waals surface area contributed by atoms with Crippen LogP contribution in [0.2, 0.25) is 0 Å². The van der Waals surface area contributed by atoms with Crippen LogP contribution in [-0.2, 0) is 20.8 Å². The fraction of sp³-hybridized carbons (Fsp3) is 0.529. The van der Waals surface area contributed by atoms with Crippen LogP contribution < -0.4 is 10.6 Å². The molecule has 0 aliphatic carbocycles. The predicted molar refractivity (Wildman–Crippen MR) is 170 cm³/mol. The molecule has 8 nitrogen and oxygen atoms in total. The molecule has 0 saturated carbocycles. The summed E-state index contributed by atoms with van der Waals surface area (Å²) in [6.45, 7) is 12.9. The van der Waals surface area contributed by atoms with Crippen molar-refractivity contribution in [1.29, 1.82) is 0 Å². The summed E-state index contributed by atoms with van der Waals surface area (Å²) in [6.07, 6.45) is 9.46. The maximum Gasteiger partial charge on any atom is 0.256 e. The Balaban J connectivity index is 1.61. The van der Waals surface area contributed by atoms with Gasteiger partial charge in [-0.15, -0.1) is 0 Å². The number of fused-ring (bicyclic) bond motifs is 1. The second kappa shape index (κ2) is 16.2. The number of amides is 2. The molecule has 8 heteroatoms. The van der Waals surface area contributed by atoms with Crippen molar-refractivity contribution in [2.75, 3.05) is 31.5 Å². The molecule has 0 fully saturated rings. The van der Waals surface area contributed by atoms with E-state index in [1.54, 1.807) is 13.0 Å². The van der Waals surface area contributed by atoms with E-state index in [2.05, 4.69) is 34.4 Å². The van der Waals surface area contributed by atoms with Gasteiger partial charge >= 0.3 is 0 Å². The van der Waals surface area contributed by atoms with Crippen LogP contribution in [0.15, 0.2) is 18.2 Å². The first-order valence-electron chi connectivity index (χ1n) is 15.5. The lowest BCUT2D eigenvalue weighted by molar-refractivity contribution is -0.119. The number of Topliss-reactive ketones (excluding diaryl/α,β-unsaturated/α-hetero) is 2. The number of ketones is 2. The molecule has 3 N–H and O–H groups in total. The summed E-state index contributed by atoms with van der Waals surface area (Å²) >= 11 is 0. The van der Waals surface area contributed by atoms with E-state index in [0.717, 1.165) is 91.9 Å². The molecule has 2 aromatic rings. The van der Waals surface area contributed by atoms with Crippen molar-refractivity contribution >= 4 is 40.7 Å². The van der Waals surface area contributed by atoms with Crippen LogP contribution in [-0.4, -0.2) is 59.4 Å². The number of rotatable bonds is 18. The van der Waals surface area contributed by atoms with Gasteiger partial charge in [0.05, 0.1) is 11.1 Å². The highest BCUT2D eigenvalue weighted by Gasteiger charge is 2.26. The van der Waals surface area contributed by atoms with E-state index in [-0.39, 0.29) is 23.4 Å². The summed E-state index contributed by atoms with van der Waals surface area (Å²) < 4.78 is 0. The molecule has 0 saturated heterocycles. The van der Waals surface area contributed by atoms with Gasteiger partial charge in [-0.05, 0) is 76.0 Å². The van der Waals surface area contributed by atoms with Gasteiger partial charge in [-0.25, -0.2) is 0 Å². The lowest BCUT2D eigenvalue weighted by Gasteiger charge is -2.18. The Kier molecular flexibility index (Phi) is 12.7. The molecule has 1 aromatic carbocycles. The highest BCUT2D eigenvalue weighted by molar-refractivity contribution is 6.35.